The van der Waals surface area contributed by atoms with Crippen LogP contribution in [0.4, 0.5) is 11.4 Å². The molecule has 0 aliphatic rings. The van der Waals surface area contributed by atoms with E-state index in [9.17, 15) is 14.4 Å². The summed E-state index contributed by atoms with van der Waals surface area (Å²) in [6.45, 7) is 2.32. The van der Waals surface area contributed by atoms with E-state index in [4.69, 9.17) is 5.11 Å². The first-order valence-corrected chi connectivity index (χ1v) is 8.46. The lowest BCUT2D eigenvalue weighted by Crippen LogP contribution is -2.20. The van der Waals surface area contributed by atoms with Gasteiger partial charge in [0.05, 0.1) is 0 Å². The van der Waals surface area contributed by atoms with Crippen LogP contribution in [0, 0.1) is 0 Å². The molecule has 0 aliphatic heterocycles. The van der Waals surface area contributed by atoms with E-state index in [1.807, 2.05) is 6.92 Å². The van der Waals surface area contributed by atoms with Crippen molar-refractivity contribution in [1.82, 2.24) is 19.6 Å². The van der Waals surface area contributed by atoms with Gasteiger partial charge in [-0.25, -0.2) is 4.79 Å². The smallest absolute Gasteiger partial charge is 0.356 e. The van der Waals surface area contributed by atoms with Gasteiger partial charge >= 0.3 is 5.97 Å². The summed E-state index contributed by atoms with van der Waals surface area (Å²) in [6, 6.07) is 9.63. The van der Waals surface area contributed by atoms with E-state index in [0.717, 1.165) is 0 Å². The van der Waals surface area contributed by atoms with Gasteiger partial charge < -0.3 is 15.7 Å². The van der Waals surface area contributed by atoms with E-state index in [1.165, 1.54) is 16.9 Å². The average Bonchev–Trinajstić information content (AvgIpc) is 3.31. The molecule has 0 saturated heterocycles. The van der Waals surface area contributed by atoms with E-state index < -0.39 is 5.97 Å². The number of hydrogen-bond donors (Lipinski definition) is 3. The minimum Gasteiger partial charge on any atom is -0.476 e. The van der Waals surface area contributed by atoms with Gasteiger partial charge in [0.25, 0.3) is 5.91 Å². The summed E-state index contributed by atoms with van der Waals surface area (Å²) >= 11 is 0. The number of carboxylic acids is 1. The van der Waals surface area contributed by atoms with Gasteiger partial charge in [0.15, 0.2) is 5.69 Å². The van der Waals surface area contributed by atoms with E-state index in [-0.39, 0.29) is 24.1 Å². The van der Waals surface area contributed by atoms with Crippen LogP contribution in [-0.4, -0.2) is 42.5 Å². The first kappa shape index (κ1) is 18.8. The second kappa shape index (κ2) is 8.16. The zero-order valence-corrected chi connectivity index (χ0v) is 15.0. The van der Waals surface area contributed by atoms with Crippen molar-refractivity contribution in [3.8, 4) is 0 Å². The second-order valence-electron chi connectivity index (χ2n) is 5.82. The normalized spacial score (nSPS) is 10.5. The summed E-state index contributed by atoms with van der Waals surface area (Å²) in [5.74, 6) is -1.85. The molecule has 144 valence electrons. The lowest BCUT2D eigenvalue weighted by Gasteiger charge is -2.09. The Bertz CT molecular complexity index is 1020. The van der Waals surface area contributed by atoms with Gasteiger partial charge in [-0.2, -0.15) is 10.2 Å². The van der Waals surface area contributed by atoms with Gasteiger partial charge in [-0.15, -0.1) is 0 Å². The fraction of sp³-hybridized carbons (Fsp3) is 0.167. The average molecular weight is 382 g/mol. The van der Waals surface area contributed by atoms with Crippen LogP contribution in [0.25, 0.3) is 0 Å². The lowest BCUT2D eigenvalue weighted by atomic mass is 10.2. The van der Waals surface area contributed by atoms with Crippen molar-refractivity contribution >= 4 is 29.2 Å². The van der Waals surface area contributed by atoms with Gasteiger partial charge in [0.1, 0.15) is 12.2 Å². The minimum atomic E-state index is -1.16. The van der Waals surface area contributed by atoms with Gasteiger partial charge in [-0.1, -0.05) is 6.07 Å². The first-order chi connectivity index (χ1) is 13.5. The number of aromatic carboxylic acids is 1. The van der Waals surface area contributed by atoms with Crippen molar-refractivity contribution in [2.24, 2.45) is 0 Å². The summed E-state index contributed by atoms with van der Waals surface area (Å²) in [6.07, 6.45) is 2.97. The van der Waals surface area contributed by atoms with Crippen molar-refractivity contribution in [3.63, 3.8) is 0 Å². The summed E-state index contributed by atoms with van der Waals surface area (Å²) in [5, 5.41) is 22.1. The summed E-state index contributed by atoms with van der Waals surface area (Å²) in [5.41, 5.74) is 1.30. The number of nitrogens with one attached hydrogen (secondary N) is 2. The number of anilines is 2. The molecular weight excluding hydrogens is 364 g/mol. The number of rotatable bonds is 7. The van der Waals surface area contributed by atoms with Gasteiger partial charge in [0, 0.05) is 30.3 Å². The molecule has 0 unspecified atom stereocenters. The highest BCUT2D eigenvalue weighted by Gasteiger charge is 2.12. The molecule has 0 bridgehead atoms. The molecule has 10 heteroatoms. The molecule has 0 atom stereocenters. The third-order valence-corrected chi connectivity index (χ3v) is 3.82. The molecule has 2 aromatic heterocycles. The summed E-state index contributed by atoms with van der Waals surface area (Å²) < 4.78 is 2.81. The predicted octanol–water partition coefficient (Wildman–Crippen LogP) is 1.69. The van der Waals surface area contributed by atoms with E-state index in [1.54, 1.807) is 41.2 Å². The standard InChI is InChI=1S/C18H18N6O4/c1-2-24-15(6-8-19-24)17(26)21-13-5-3-4-12(10-13)20-16(25)11-23-9-7-14(22-23)18(27)28/h3-10H,2,11H2,1H3,(H,20,25)(H,21,26)(H,27,28). The Balaban J connectivity index is 1.63. The molecule has 2 amide bonds. The Morgan fingerprint density at radius 1 is 1.11 bits per heavy atom. The van der Waals surface area contributed by atoms with Crippen molar-refractivity contribution in [3.05, 3.63) is 60.2 Å². The molecule has 0 saturated carbocycles. The Hall–Kier alpha value is -3.95. The number of hydrogen-bond acceptors (Lipinski definition) is 5. The molecule has 3 N–H and O–H groups in total. The molecule has 28 heavy (non-hydrogen) atoms. The highest BCUT2D eigenvalue weighted by molar-refractivity contribution is 6.03. The number of carbonyl (C=O) groups is 3. The number of aromatic nitrogens is 4. The molecular formula is C18H18N6O4. The van der Waals surface area contributed by atoms with Crippen molar-refractivity contribution in [2.75, 3.05) is 10.6 Å². The fourth-order valence-corrected chi connectivity index (χ4v) is 2.56. The molecule has 0 aliphatic carbocycles. The SMILES string of the molecule is CCn1nccc1C(=O)Nc1cccc(NC(=O)Cn2ccc(C(=O)O)n2)c1. The van der Waals surface area contributed by atoms with Crippen LogP contribution in [0.1, 0.15) is 27.9 Å². The van der Waals surface area contributed by atoms with Crippen LogP contribution in [0.15, 0.2) is 48.8 Å². The second-order valence-corrected chi connectivity index (χ2v) is 5.82. The van der Waals surface area contributed by atoms with Crippen LogP contribution in [0.2, 0.25) is 0 Å². The lowest BCUT2D eigenvalue weighted by molar-refractivity contribution is -0.116. The van der Waals surface area contributed by atoms with Crippen molar-refractivity contribution in [1.29, 1.82) is 0 Å². The zero-order valence-electron chi connectivity index (χ0n) is 15.0. The monoisotopic (exact) mass is 382 g/mol. The number of carboxylic acid groups (broad SMARTS) is 1. The largest absolute Gasteiger partial charge is 0.476 e. The maximum absolute atomic E-state index is 12.4. The summed E-state index contributed by atoms with van der Waals surface area (Å²) in [4.78, 5) is 35.3. The van der Waals surface area contributed by atoms with Crippen molar-refractivity contribution in [2.45, 2.75) is 20.0 Å². The Morgan fingerprint density at radius 3 is 2.54 bits per heavy atom. The quantitative estimate of drug-likeness (QED) is 0.570. The maximum atomic E-state index is 12.4. The molecule has 0 spiro atoms. The van der Waals surface area contributed by atoms with Gasteiger partial charge in [0.2, 0.25) is 5.91 Å². The predicted molar refractivity (Wildman–Crippen MR) is 100 cm³/mol. The minimum absolute atomic E-state index is 0.135. The van der Waals surface area contributed by atoms with Crippen molar-refractivity contribution < 1.29 is 19.5 Å². The number of nitrogens with zero attached hydrogens (tertiary/aromatic N) is 4. The Labute approximate surface area is 159 Å². The number of carbonyl (C=O) groups excluding carboxylic acids is 2. The van der Waals surface area contributed by atoms with E-state index in [0.29, 0.717) is 23.6 Å². The van der Waals surface area contributed by atoms with E-state index in [2.05, 4.69) is 20.8 Å². The topological polar surface area (TPSA) is 131 Å². The van der Waals surface area contributed by atoms with Crippen LogP contribution in [-0.2, 0) is 17.9 Å². The molecule has 3 rings (SSSR count). The molecule has 3 aromatic rings. The molecule has 0 radical (unpaired) electrons. The number of benzene rings is 1. The molecule has 1 aromatic carbocycles. The highest BCUT2D eigenvalue weighted by Crippen LogP contribution is 2.16. The highest BCUT2D eigenvalue weighted by atomic mass is 16.4. The first-order valence-electron chi connectivity index (χ1n) is 8.46. The summed E-state index contributed by atoms with van der Waals surface area (Å²) in [7, 11) is 0. The van der Waals surface area contributed by atoms with Crippen LogP contribution < -0.4 is 10.6 Å². The molecule has 0 fully saturated rings. The van der Waals surface area contributed by atoms with E-state index >= 15 is 0 Å². The van der Waals surface area contributed by atoms with Crippen LogP contribution in [0.3, 0.4) is 0 Å². The van der Waals surface area contributed by atoms with Gasteiger partial charge in [-0.3, -0.25) is 19.0 Å². The van der Waals surface area contributed by atoms with Crippen LogP contribution >= 0.6 is 0 Å². The molecule has 10 nitrogen and oxygen atoms in total. The molecule has 2 heterocycles. The third-order valence-electron chi connectivity index (χ3n) is 3.82. The van der Waals surface area contributed by atoms with Crippen LogP contribution in [0.5, 0.6) is 0 Å². The third kappa shape index (κ3) is 4.41. The zero-order chi connectivity index (χ0) is 20.1. The fourth-order valence-electron chi connectivity index (χ4n) is 2.56. The number of aryl methyl sites for hydroxylation is 1. The Morgan fingerprint density at radius 2 is 1.86 bits per heavy atom. The maximum Gasteiger partial charge on any atom is 0.356 e. The number of amides is 2. The Kier molecular flexibility index (Phi) is 5.49. The van der Waals surface area contributed by atoms with Gasteiger partial charge in [-0.05, 0) is 37.3 Å².